The zero-order chi connectivity index (χ0) is 15.4. The second-order valence-electron chi connectivity index (χ2n) is 6.72. The minimum atomic E-state index is 0.400. The predicted octanol–water partition coefficient (Wildman–Crippen LogP) is 3.85. The molecule has 0 heterocycles. The average molecular weight is 276 g/mol. The zero-order valence-electron chi connectivity index (χ0n) is 14.5. The summed E-state index contributed by atoms with van der Waals surface area (Å²) in [5.74, 6) is 0.657. The largest absolute Gasteiger partial charge is 0.309 e. The van der Waals surface area contributed by atoms with Crippen LogP contribution in [0.4, 0.5) is 0 Å². The summed E-state index contributed by atoms with van der Waals surface area (Å²) >= 11 is 0. The van der Waals surface area contributed by atoms with Crippen molar-refractivity contribution in [2.45, 2.75) is 53.6 Å². The molecule has 1 rings (SSSR count). The van der Waals surface area contributed by atoms with Gasteiger partial charge in [0.15, 0.2) is 0 Å². The highest BCUT2D eigenvalue weighted by Gasteiger charge is 2.18. The first-order valence-electron chi connectivity index (χ1n) is 7.71. The smallest absolute Gasteiger partial charge is 0.0297 e. The third-order valence-electron chi connectivity index (χ3n) is 4.24. The molecule has 0 aliphatic rings. The SMILES string of the molecule is Cc1cc(C)c(C(C)NCC(C(C)C)N(C)C)c(C)c1. The number of nitrogens with one attached hydrogen (secondary N) is 1. The Morgan fingerprint density at radius 3 is 1.90 bits per heavy atom. The van der Waals surface area contributed by atoms with Crippen molar-refractivity contribution in [3.05, 3.63) is 34.4 Å². The average Bonchev–Trinajstić information content (AvgIpc) is 2.26. The Morgan fingerprint density at radius 1 is 1.00 bits per heavy atom. The van der Waals surface area contributed by atoms with Gasteiger partial charge in [-0.15, -0.1) is 0 Å². The van der Waals surface area contributed by atoms with E-state index in [9.17, 15) is 0 Å². The molecule has 0 saturated carbocycles. The van der Waals surface area contributed by atoms with Gasteiger partial charge in [0, 0.05) is 18.6 Å². The molecule has 0 aromatic heterocycles. The molecule has 1 N–H and O–H groups in total. The second kappa shape index (κ2) is 7.24. The molecule has 2 heteroatoms. The summed E-state index contributed by atoms with van der Waals surface area (Å²) in [4.78, 5) is 2.32. The third-order valence-corrected chi connectivity index (χ3v) is 4.24. The Labute approximate surface area is 125 Å². The van der Waals surface area contributed by atoms with Crippen LogP contribution in [0.15, 0.2) is 12.1 Å². The maximum Gasteiger partial charge on any atom is 0.0297 e. The van der Waals surface area contributed by atoms with Crippen LogP contribution in [0.25, 0.3) is 0 Å². The van der Waals surface area contributed by atoms with Crippen LogP contribution < -0.4 is 5.32 Å². The first-order valence-corrected chi connectivity index (χ1v) is 7.71. The lowest BCUT2D eigenvalue weighted by Gasteiger charge is -2.30. The summed E-state index contributed by atoms with van der Waals surface area (Å²) in [7, 11) is 4.33. The molecule has 0 saturated heterocycles. The molecule has 0 aliphatic heterocycles. The van der Waals surface area contributed by atoms with Gasteiger partial charge in [0.05, 0.1) is 0 Å². The zero-order valence-corrected chi connectivity index (χ0v) is 14.5. The Hall–Kier alpha value is -0.860. The van der Waals surface area contributed by atoms with Crippen molar-refractivity contribution < 1.29 is 0 Å². The Kier molecular flexibility index (Phi) is 6.22. The standard InChI is InChI=1S/C18H32N2/c1-12(2)17(20(7)8)11-19-16(6)18-14(4)9-13(3)10-15(18)5/h9-10,12,16-17,19H,11H2,1-8H3. The molecule has 2 atom stereocenters. The van der Waals surface area contributed by atoms with Crippen molar-refractivity contribution in [2.75, 3.05) is 20.6 Å². The minimum Gasteiger partial charge on any atom is -0.309 e. The maximum atomic E-state index is 3.72. The molecule has 2 unspecified atom stereocenters. The van der Waals surface area contributed by atoms with Crippen molar-refractivity contribution >= 4 is 0 Å². The van der Waals surface area contributed by atoms with Gasteiger partial charge in [-0.05, 0) is 64.4 Å². The molecule has 0 spiro atoms. The Morgan fingerprint density at radius 2 is 1.50 bits per heavy atom. The number of hydrogen-bond acceptors (Lipinski definition) is 2. The molecule has 0 amide bonds. The lowest BCUT2D eigenvalue weighted by molar-refractivity contribution is 0.220. The molecule has 20 heavy (non-hydrogen) atoms. The van der Waals surface area contributed by atoms with Gasteiger partial charge in [-0.1, -0.05) is 31.5 Å². The first-order chi connectivity index (χ1) is 9.23. The molecular formula is C18H32N2. The molecule has 2 nitrogen and oxygen atoms in total. The summed E-state index contributed by atoms with van der Waals surface area (Å²) in [6.07, 6.45) is 0. The van der Waals surface area contributed by atoms with E-state index in [2.05, 4.69) is 78.0 Å². The Bertz CT molecular complexity index is 404. The van der Waals surface area contributed by atoms with Gasteiger partial charge in [0.1, 0.15) is 0 Å². The van der Waals surface area contributed by atoms with E-state index in [1.54, 1.807) is 0 Å². The number of benzene rings is 1. The van der Waals surface area contributed by atoms with E-state index in [-0.39, 0.29) is 0 Å². The highest BCUT2D eigenvalue weighted by atomic mass is 15.1. The molecule has 0 fully saturated rings. The topological polar surface area (TPSA) is 15.3 Å². The van der Waals surface area contributed by atoms with Crippen molar-refractivity contribution in [1.82, 2.24) is 10.2 Å². The van der Waals surface area contributed by atoms with Gasteiger partial charge in [0.2, 0.25) is 0 Å². The van der Waals surface area contributed by atoms with E-state index in [4.69, 9.17) is 0 Å². The van der Waals surface area contributed by atoms with Crippen LogP contribution in [-0.4, -0.2) is 31.6 Å². The van der Waals surface area contributed by atoms with Crippen molar-refractivity contribution in [3.8, 4) is 0 Å². The van der Waals surface area contributed by atoms with Crippen molar-refractivity contribution in [1.29, 1.82) is 0 Å². The fraction of sp³-hybridized carbons (Fsp3) is 0.667. The number of likely N-dealkylation sites (N-methyl/N-ethyl adjacent to an activating group) is 1. The van der Waals surface area contributed by atoms with Crippen LogP contribution >= 0.6 is 0 Å². The van der Waals surface area contributed by atoms with Crippen LogP contribution in [0.5, 0.6) is 0 Å². The van der Waals surface area contributed by atoms with Gasteiger partial charge in [-0.25, -0.2) is 0 Å². The van der Waals surface area contributed by atoms with Crippen LogP contribution in [0.1, 0.15) is 49.1 Å². The van der Waals surface area contributed by atoms with Gasteiger partial charge >= 0.3 is 0 Å². The van der Waals surface area contributed by atoms with Gasteiger partial charge < -0.3 is 10.2 Å². The van der Waals surface area contributed by atoms with Crippen molar-refractivity contribution in [3.63, 3.8) is 0 Å². The van der Waals surface area contributed by atoms with Gasteiger partial charge in [0.25, 0.3) is 0 Å². The third kappa shape index (κ3) is 4.32. The Balaban J connectivity index is 2.79. The van der Waals surface area contributed by atoms with E-state index in [1.807, 2.05) is 0 Å². The summed E-state index contributed by atoms with van der Waals surface area (Å²) in [6, 6.07) is 5.54. The predicted molar refractivity (Wildman–Crippen MR) is 89.4 cm³/mol. The maximum absolute atomic E-state index is 3.72. The summed E-state index contributed by atoms with van der Waals surface area (Å²) in [5.41, 5.74) is 5.60. The molecule has 0 aliphatic carbocycles. The van der Waals surface area contributed by atoms with Crippen LogP contribution in [0, 0.1) is 26.7 Å². The second-order valence-corrected chi connectivity index (χ2v) is 6.72. The molecule has 1 aromatic rings. The first kappa shape index (κ1) is 17.2. The van der Waals surface area contributed by atoms with Crippen LogP contribution in [0.3, 0.4) is 0 Å². The van der Waals surface area contributed by atoms with Gasteiger partial charge in [-0.2, -0.15) is 0 Å². The summed E-state index contributed by atoms with van der Waals surface area (Å²) < 4.78 is 0. The number of nitrogens with zero attached hydrogens (tertiary/aromatic N) is 1. The van der Waals surface area contributed by atoms with E-state index < -0.39 is 0 Å². The molecule has 0 radical (unpaired) electrons. The highest BCUT2D eigenvalue weighted by molar-refractivity contribution is 5.39. The van der Waals surface area contributed by atoms with E-state index in [1.165, 1.54) is 22.3 Å². The van der Waals surface area contributed by atoms with Crippen LogP contribution in [0.2, 0.25) is 0 Å². The molecule has 0 bridgehead atoms. The van der Waals surface area contributed by atoms with Crippen LogP contribution in [-0.2, 0) is 0 Å². The van der Waals surface area contributed by atoms with E-state index >= 15 is 0 Å². The fourth-order valence-corrected chi connectivity index (χ4v) is 3.29. The lowest BCUT2D eigenvalue weighted by Crippen LogP contribution is -2.42. The fourth-order valence-electron chi connectivity index (χ4n) is 3.29. The normalized spacial score (nSPS) is 14.9. The molecular weight excluding hydrogens is 244 g/mol. The number of aryl methyl sites for hydroxylation is 3. The number of rotatable bonds is 6. The lowest BCUT2D eigenvalue weighted by atomic mass is 9.94. The van der Waals surface area contributed by atoms with Gasteiger partial charge in [-0.3, -0.25) is 0 Å². The summed E-state index contributed by atoms with van der Waals surface area (Å²) in [6.45, 7) is 14.5. The van der Waals surface area contributed by atoms with E-state index in [0.29, 0.717) is 18.0 Å². The monoisotopic (exact) mass is 276 g/mol. The quantitative estimate of drug-likeness (QED) is 0.849. The molecule has 1 aromatic carbocycles. The highest BCUT2D eigenvalue weighted by Crippen LogP contribution is 2.23. The van der Waals surface area contributed by atoms with Crippen molar-refractivity contribution in [2.24, 2.45) is 5.92 Å². The summed E-state index contributed by atoms with van der Waals surface area (Å²) in [5, 5.41) is 3.72. The van der Waals surface area contributed by atoms with E-state index in [0.717, 1.165) is 6.54 Å². The minimum absolute atomic E-state index is 0.400. The molecule has 114 valence electrons. The number of hydrogen-bond donors (Lipinski definition) is 1.